The fraction of sp³-hybridized carbons (Fsp3) is 0.312. The van der Waals surface area contributed by atoms with Crippen LogP contribution < -0.4 is 5.73 Å². The van der Waals surface area contributed by atoms with Crippen molar-refractivity contribution in [3.63, 3.8) is 0 Å². The third-order valence-corrected chi connectivity index (χ3v) is 4.61. The number of carbonyl (C=O) groups is 1. The summed E-state index contributed by atoms with van der Waals surface area (Å²) >= 11 is 7.45. The summed E-state index contributed by atoms with van der Waals surface area (Å²) in [5, 5.41) is 0. The highest BCUT2D eigenvalue weighted by atomic mass is 35.5. The maximum absolute atomic E-state index is 12.5. The quantitative estimate of drug-likeness (QED) is 0.885. The van der Waals surface area contributed by atoms with Crippen molar-refractivity contribution in [1.29, 1.82) is 0 Å². The van der Waals surface area contributed by atoms with Gasteiger partial charge in [0.05, 0.1) is 17.3 Å². The van der Waals surface area contributed by atoms with Crippen LogP contribution in [0.5, 0.6) is 0 Å². The molecule has 1 amide bonds. The number of hydrogen-bond donors (Lipinski definition) is 1. The Labute approximate surface area is 134 Å². The summed E-state index contributed by atoms with van der Waals surface area (Å²) in [4.78, 5) is 15.4. The second kappa shape index (κ2) is 7.59. The number of rotatable bonds is 6. The Balaban J connectivity index is 2.06. The van der Waals surface area contributed by atoms with Crippen LogP contribution in [0.4, 0.5) is 0 Å². The van der Waals surface area contributed by atoms with Gasteiger partial charge in [0.15, 0.2) is 0 Å². The molecule has 2 N–H and O–H groups in total. The Kier molecular flexibility index (Phi) is 5.79. The highest BCUT2D eigenvalue weighted by Gasteiger charge is 2.15. The van der Waals surface area contributed by atoms with E-state index in [9.17, 15) is 4.79 Å². The van der Waals surface area contributed by atoms with Crippen molar-refractivity contribution >= 4 is 28.8 Å². The minimum absolute atomic E-state index is 0.114. The third kappa shape index (κ3) is 4.30. The monoisotopic (exact) mass is 322 g/mol. The molecular formula is C16H19ClN2OS. The van der Waals surface area contributed by atoms with Crippen molar-refractivity contribution in [2.75, 3.05) is 6.54 Å². The SMILES string of the molecule is CCN(Cc1ccc(Cl)s1)C(=O)Cc1ccccc1CN. The molecule has 3 nitrogen and oxygen atoms in total. The van der Waals surface area contributed by atoms with E-state index in [1.807, 2.05) is 48.2 Å². The average Bonchev–Trinajstić information content (AvgIpc) is 2.90. The van der Waals surface area contributed by atoms with E-state index in [0.717, 1.165) is 20.3 Å². The molecule has 0 fully saturated rings. The zero-order valence-electron chi connectivity index (χ0n) is 12.0. The number of hydrogen-bond acceptors (Lipinski definition) is 3. The molecule has 2 aromatic rings. The molecule has 1 aromatic carbocycles. The molecule has 21 heavy (non-hydrogen) atoms. The molecule has 0 spiro atoms. The van der Waals surface area contributed by atoms with E-state index >= 15 is 0 Å². The van der Waals surface area contributed by atoms with Gasteiger partial charge < -0.3 is 10.6 Å². The molecule has 0 unspecified atom stereocenters. The van der Waals surface area contributed by atoms with Gasteiger partial charge in [-0.2, -0.15) is 0 Å². The lowest BCUT2D eigenvalue weighted by molar-refractivity contribution is -0.130. The highest BCUT2D eigenvalue weighted by molar-refractivity contribution is 7.16. The van der Waals surface area contributed by atoms with Gasteiger partial charge in [-0.15, -0.1) is 11.3 Å². The Morgan fingerprint density at radius 1 is 1.24 bits per heavy atom. The second-order valence-corrected chi connectivity index (χ2v) is 6.56. The molecule has 0 bridgehead atoms. The fourth-order valence-electron chi connectivity index (χ4n) is 2.20. The predicted octanol–water partition coefficient (Wildman–Crippen LogP) is 3.45. The van der Waals surface area contributed by atoms with Crippen LogP contribution in [-0.2, 0) is 24.3 Å². The number of nitrogens with zero attached hydrogens (tertiary/aromatic N) is 1. The second-order valence-electron chi connectivity index (χ2n) is 4.76. The fourth-order valence-corrected chi connectivity index (χ4v) is 3.31. The zero-order chi connectivity index (χ0) is 15.2. The lowest BCUT2D eigenvalue weighted by Crippen LogP contribution is -2.31. The van der Waals surface area contributed by atoms with Gasteiger partial charge >= 0.3 is 0 Å². The number of halogens is 1. The maximum Gasteiger partial charge on any atom is 0.227 e. The first-order chi connectivity index (χ1) is 10.1. The summed E-state index contributed by atoms with van der Waals surface area (Å²) in [6.45, 7) is 3.73. The van der Waals surface area contributed by atoms with E-state index in [-0.39, 0.29) is 5.91 Å². The molecule has 1 aromatic heterocycles. The van der Waals surface area contributed by atoms with E-state index in [0.29, 0.717) is 26.1 Å². The van der Waals surface area contributed by atoms with Gasteiger partial charge in [-0.1, -0.05) is 35.9 Å². The van der Waals surface area contributed by atoms with Crippen molar-refractivity contribution in [3.8, 4) is 0 Å². The van der Waals surface area contributed by atoms with Gasteiger partial charge in [-0.3, -0.25) is 4.79 Å². The maximum atomic E-state index is 12.5. The lowest BCUT2D eigenvalue weighted by atomic mass is 10.0. The van der Waals surface area contributed by atoms with Crippen LogP contribution in [0, 0.1) is 0 Å². The number of amides is 1. The molecular weight excluding hydrogens is 304 g/mol. The van der Waals surface area contributed by atoms with Gasteiger partial charge in [0, 0.05) is 18.0 Å². The average molecular weight is 323 g/mol. The highest BCUT2D eigenvalue weighted by Crippen LogP contribution is 2.23. The molecule has 1 heterocycles. The Hall–Kier alpha value is -1.36. The zero-order valence-corrected chi connectivity index (χ0v) is 13.6. The first kappa shape index (κ1) is 16.0. The molecule has 0 atom stereocenters. The molecule has 5 heteroatoms. The van der Waals surface area contributed by atoms with Crippen molar-refractivity contribution in [2.45, 2.75) is 26.4 Å². The van der Waals surface area contributed by atoms with Gasteiger partial charge in [0.1, 0.15) is 0 Å². The Bertz CT molecular complexity index is 612. The van der Waals surface area contributed by atoms with Crippen molar-refractivity contribution < 1.29 is 4.79 Å². The van der Waals surface area contributed by atoms with Gasteiger partial charge in [0.25, 0.3) is 0 Å². The number of carbonyl (C=O) groups excluding carboxylic acids is 1. The summed E-state index contributed by atoms with van der Waals surface area (Å²) in [6, 6.07) is 11.7. The molecule has 0 radical (unpaired) electrons. The minimum Gasteiger partial charge on any atom is -0.338 e. The van der Waals surface area contributed by atoms with Crippen LogP contribution in [0.15, 0.2) is 36.4 Å². The normalized spacial score (nSPS) is 10.6. The smallest absolute Gasteiger partial charge is 0.227 e. The Morgan fingerprint density at radius 3 is 2.52 bits per heavy atom. The molecule has 0 aliphatic carbocycles. The summed E-state index contributed by atoms with van der Waals surface area (Å²) in [5.74, 6) is 0.114. The summed E-state index contributed by atoms with van der Waals surface area (Å²) in [7, 11) is 0. The third-order valence-electron chi connectivity index (χ3n) is 3.39. The Morgan fingerprint density at radius 2 is 1.95 bits per heavy atom. The summed E-state index contributed by atoms with van der Waals surface area (Å²) in [5.41, 5.74) is 7.76. The van der Waals surface area contributed by atoms with E-state index in [1.165, 1.54) is 11.3 Å². The van der Waals surface area contributed by atoms with E-state index < -0.39 is 0 Å². The van der Waals surface area contributed by atoms with Crippen LogP contribution in [0.2, 0.25) is 4.34 Å². The first-order valence-electron chi connectivity index (χ1n) is 6.93. The van der Waals surface area contributed by atoms with Gasteiger partial charge in [-0.05, 0) is 30.2 Å². The van der Waals surface area contributed by atoms with Gasteiger partial charge in [-0.25, -0.2) is 0 Å². The largest absolute Gasteiger partial charge is 0.338 e. The van der Waals surface area contributed by atoms with Crippen LogP contribution in [0.25, 0.3) is 0 Å². The van der Waals surface area contributed by atoms with Crippen molar-refractivity contribution in [2.24, 2.45) is 5.73 Å². The van der Waals surface area contributed by atoms with Crippen LogP contribution in [0.3, 0.4) is 0 Å². The lowest BCUT2D eigenvalue weighted by Gasteiger charge is -2.21. The van der Waals surface area contributed by atoms with Crippen LogP contribution in [-0.4, -0.2) is 17.4 Å². The molecule has 0 aliphatic rings. The number of likely N-dealkylation sites (N-methyl/N-ethyl adjacent to an activating group) is 1. The number of nitrogens with two attached hydrogens (primary N) is 1. The summed E-state index contributed by atoms with van der Waals surface area (Å²) < 4.78 is 0.752. The van der Waals surface area contributed by atoms with Crippen LogP contribution in [0.1, 0.15) is 22.9 Å². The van der Waals surface area contributed by atoms with E-state index in [4.69, 9.17) is 17.3 Å². The van der Waals surface area contributed by atoms with Crippen LogP contribution >= 0.6 is 22.9 Å². The number of thiophene rings is 1. The van der Waals surface area contributed by atoms with E-state index in [1.54, 1.807) is 0 Å². The topological polar surface area (TPSA) is 46.3 Å². The van der Waals surface area contributed by atoms with Crippen molar-refractivity contribution in [3.05, 3.63) is 56.7 Å². The molecule has 0 saturated heterocycles. The summed E-state index contributed by atoms with van der Waals surface area (Å²) in [6.07, 6.45) is 0.389. The van der Waals surface area contributed by atoms with Gasteiger partial charge in [0.2, 0.25) is 5.91 Å². The van der Waals surface area contributed by atoms with Crippen molar-refractivity contribution in [1.82, 2.24) is 4.90 Å². The molecule has 0 aliphatic heterocycles. The number of benzene rings is 1. The minimum atomic E-state index is 0.114. The predicted molar refractivity (Wildman–Crippen MR) is 88.5 cm³/mol. The van der Waals surface area contributed by atoms with E-state index in [2.05, 4.69) is 0 Å². The molecule has 112 valence electrons. The standard InChI is InChI=1S/C16H19ClN2OS/c1-2-19(11-14-7-8-15(17)21-14)16(20)9-12-5-3-4-6-13(12)10-18/h3-8H,2,9-11,18H2,1H3. The first-order valence-corrected chi connectivity index (χ1v) is 8.12. The molecule has 2 rings (SSSR count). The molecule has 0 saturated carbocycles.